The van der Waals surface area contributed by atoms with Crippen molar-refractivity contribution in [1.29, 1.82) is 0 Å². The Bertz CT molecular complexity index is 273. The van der Waals surface area contributed by atoms with E-state index >= 15 is 0 Å². The number of rotatable bonds is 7. The van der Waals surface area contributed by atoms with Gasteiger partial charge in [-0.05, 0) is 0 Å². The van der Waals surface area contributed by atoms with Gasteiger partial charge in [-0.3, -0.25) is 0 Å². The fourth-order valence-electron chi connectivity index (χ4n) is 1.59. The van der Waals surface area contributed by atoms with Crippen LogP contribution >= 0.6 is 0 Å². The van der Waals surface area contributed by atoms with Crippen LogP contribution in [-0.4, -0.2) is 39.4 Å². The van der Waals surface area contributed by atoms with Crippen molar-refractivity contribution in [2.45, 2.75) is 20.8 Å². The Morgan fingerprint density at radius 3 is 1.62 bits per heavy atom. The quantitative estimate of drug-likeness (QED) is 0.715. The molecule has 0 fully saturated rings. The maximum atomic E-state index is 5.86. The molecule has 1 aromatic rings. The molecular formula is C12H20O3Sn. The third-order valence-corrected chi connectivity index (χ3v) is 10.8. The first-order chi connectivity index (χ1) is 7.79. The van der Waals surface area contributed by atoms with Crippen molar-refractivity contribution in [2.75, 3.05) is 19.8 Å². The zero-order valence-corrected chi connectivity index (χ0v) is 13.1. The summed E-state index contributed by atoms with van der Waals surface area (Å²) < 4.78 is 18.7. The molecule has 90 valence electrons. The van der Waals surface area contributed by atoms with Crippen LogP contribution in [0.5, 0.6) is 0 Å². The van der Waals surface area contributed by atoms with Gasteiger partial charge in [-0.25, -0.2) is 0 Å². The van der Waals surface area contributed by atoms with Gasteiger partial charge in [0.05, 0.1) is 0 Å². The summed E-state index contributed by atoms with van der Waals surface area (Å²) in [5, 5.41) is 0. The van der Waals surface area contributed by atoms with Gasteiger partial charge in [-0.15, -0.1) is 0 Å². The van der Waals surface area contributed by atoms with E-state index in [0.717, 1.165) is 3.58 Å². The maximum absolute atomic E-state index is 5.86. The second-order valence-corrected chi connectivity index (χ2v) is 10.5. The molecule has 4 heteroatoms. The minimum absolute atomic E-state index is 0.630. The third-order valence-electron chi connectivity index (χ3n) is 2.13. The fourth-order valence-corrected chi connectivity index (χ4v) is 8.70. The van der Waals surface area contributed by atoms with Crippen LogP contribution in [-0.2, 0) is 9.22 Å². The normalized spacial score (nSPS) is 11.7. The van der Waals surface area contributed by atoms with E-state index in [2.05, 4.69) is 0 Å². The summed E-state index contributed by atoms with van der Waals surface area (Å²) in [6.45, 7) is 7.83. The summed E-state index contributed by atoms with van der Waals surface area (Å²) in [5.74, 6) is 0. The second-order valence-electron chi connectivity index (χ2n) is 3.22. The molecule has 0 aliphatic rings. The average molecular weight is 331 g/mol. The van der Waals surface area contributed by atoms with Crippen LogP contribution in [0.4, 0.5) is 0 Å². The fraction of sp³-hybridized carbons (Fsp3) is 0.500. The molecule has 0 aromatic heterocycles. The number of hydrogen-bond acceptors (Lipinski definition) is 3. The summed E-state index contributed by atoms with van der Waals surface area (Å²) >= 11 is -3.50. The molecule has 0 saturated carbocycles. The van der Waals surface area contributed by atoms with Gasteiger partial charge in [0, 0.05) is 0 Å². The van der Waals surface area contributed by atoms with Crippen LogP contribution in [0.15, 0.2) is 30.3 Å². The van der Waals surface area contributed by atoms with Crippen LogP contribution < -0.4 is 3.58 Å². The van der Waals surface area contributed by atoms with Crippen LogP contribution in [0.2, 0.25) is 0 Å². The molecule has 16 heavy (non-hydrogen) atoms. The SMILES string of the molecule is CC[O][Sn]([O]CC)([O]CC)[c]1ccccc1. The molecule has 0 aliphatic carbocycles. The standard InChI is InChI=1S/C6H5.3C2H5O.Sn/c1-2-4-6-5-3-1;3*1-2-3;/h1-5H;3*2H2,1H3;/q;3*-1;+3. The van der Waals surface area contributed by atoms with E-state index in [1.165, 1.54) is 0 Å². The predicted octanol–water partition coefficient (Wildman–Crippen LogP) is 1.94. The molecule has 0 atom stereocenters. The summed E-state index contributed by atoms with van der Waals surface area (Å²) in [4.78, 5) is 0. The zero-order valence-electron chi connectivity index (χ0n) is 10.2. The van der Waals surface area contributed by atoms with Crippen molar-refractivity contribution in [1.82, 2.24) is 0 Å². The van der Waals surface area contributed by atoms with Crippen molar-refractivity contribution in [2.24, 2.45) is 0 Å². The molecule has 0 bridgehead atoms. The zero-order chi connectivity index (χ0) is 11.9. The molecule has 0 radical (unpaired) electrons. The first-order valence-electron chi connectivity index (χ1n) is 5.76. The molecule has 0 N–H and O–H groups in total. The second kappa shape index (κ2) is 7.27. The van der Waals surface area contributed by atoms with Crippen molar-refractivity contribution in [3.8, 4) is 0 Å². The molecule has 0 unspecified atom stereocenters. The van der Waals surface area contributed by atoms with Crippen LogP contribution in [0.1, 0.15) is 20.8 Å². The van der Waals surface area contributed by atoms with Gasteiger partial charge >= 0.3 is 103 Å². The first kappa shape index (κ1) is 14.0. The topological polar surface area (TPSA) is 27.7 Å². The third kappa shape index (κ3) is 3.45. The first-order valence-corrected chi connectivity index (χ1v) is 10.7. The van der Waals surface area contributed by atoms with Crippen LogP contribution in [0.25, 0.3) is 0 Å². The monoisotopic (exact) mass is 332 g/mol. The van der Waals surface area contributed by atoms with Gasteiger partial charge < -0.3 is 0 Å². The van der Waals surface area contributed by atoms with Crippen molar-refractivity contribution < 1.29 is 9.22 Å². The van der Waals surface area contributed by atoms with Gasteiger partial charge in [0.25, 0.3) is 0 Å². The summed E-state index contributed by atoms with van der Waals surface area (Å²) in [6.07, 6.45) is 0. The predicted molar refractivity (Wildman–Crippen MR) is 66.7 cm³/mol. The Morgan fingerprint density at radius 1 is 0.812 bits per heavy atom. The molecule has 0 saturated heterocycles. The van der Waals surface area contributed by atoms with Gasteiger partial charge in [0.1, 0.15) is 0 Å². The molecular weight excluding hydrogens is 311 g/mol. The minimum atomic E-state index is -3.50. The number of benzene rings is 1. The van der Waals surface area contributed by atoms with E-state index < -0.39 is 19.6 Å². The van der Waals surface area contributed by atoms with Crippen molar-refractivity contribution in [3.05, 3.63) is 30.3 Å². The van der Waals surface area contributed by atoms with Crippen LogP contribution in [0.3, 0.4) is 0 Å². The van der Waals surface area contributed by atoms with Crippen LogP contribution in [0, 0.1) is 0 Å². The van der Waals surface area contributed by atoms with Gasteiger partial charge in [-0.2, -0.15) is 0 Å². The van der Waals surface area contributed by atoms with Gasteiger partial charge in [0.2, 0.25) is 0 Å². The molecule has 1 rings (SSSR count). The molecule has 0 amide bonds. The van der Waals surface area contributed by atoms with E-state index in [4.69, 9.17) is 9.22 Å². The molecule has 0 spiro atoms. The molecule has 0 heterocycles. The molecule has 1 aromatic carbocycles. The van der Waals surface area contributed by atoms with E-state index in [-0.39, 0.29) is 0 Å². The van der Waals surface area contributed by atoms with Crippen molar-refractivity contribution >= 4 is 23.2 Å². The van der Waals surface area contributed by atoms with Crippen molar-refractivity contribution in [3.63, 3.8) is 0 Å². The Labute approximate surface area is 103 Å². The number of hydrogen-bond donors (Lipinski definition) is 0. The van der Waals surface area contributed by atoms with E-state index in [1.807, 2.05) is 51.1 Å². The van der Waals surface area contributed by atoms with E-state index in [0.29, 0.717) is 19.8 Å². The Balaban J connectivity index is 2.99. The van der Waals surface area contributed by atoms with Gasteiger partial charge in [-0.1, -0.05) is 0 Å². The summed E-state index contributed by atoms with van der Waals surface area (Å²) in [6, 6.07) is 10.1. The molecule has 0 aliphatic heterocycles. The van der Waals surface area contributed by atoms with E-state index in [1.54, 1.807) is 0 Å². The Hall–Kier alpha value is -0.101. The van der Waals surface area contributed by atoms with Gasteiger partial charge in [0.15, 0.2) is 0 Å². The van der Waals surface area contributed by atoms with E-state index in [9.17, 15) is 0 Å². The average Bonchev–Trinajstić information content (AvgIpc) is 2.31. The molecule has 3 nitrogen and oxygen atoms in total. The summed E-state index contributed by atoms with van der Waals surface area (Å²) in [7, 11) is 0. The Morgan fingerprint density at radius 2 is 1.25 bits per heavy atom. The summed E-state index contributed by atoms with van der Waals surface area (Å²) in [5.41, 5.74) is 0. The Kier molecular flexibility index (Phi) is 6.34.